The van der Waals surface area contributed by atoms with E-state index < -0.39 is 0 Å². The smallest absolute Gasteiger partial charge is 0.231 e. The third-order valence-corrected chi connectivity index (χ3v) is 5.32. The number of benzene rings is 1. The fraction of sp³-hybridized carbons (Fsp3) is 0.368. The van der Waals surface area contributed by atoms with Gasteiger partial charge in [0.2, 0.25) is 5.91 Å². The first-order valence-electron chi connectivity index (χ1n) is 7.99. The molecule has 0 aliphatic heterocycles. The summed E-state index contributed by atoms with van der Waals surface area (Å²) in [5.74, 6) is 1.05. The number of rotatable bonds is 2. The molecule has 0 N–H and O–H groups in total. The topological polar surface area (TPSA) is 33.2 Å². The maximum absolute atomic E-state index is 12.9. The van der Waals surface area contributed by atoms with Crippen LogP contribution in [0.1, 0.15) is 30.4 Å². The predicted molar refractivity (Wildman–Crippen MR) is 86.8 cm³/mol. The lowest BCUT2D eigenvalue weighted by Crippen LogP contribution is -2.32. The van der Waals surface area contributed by atoms with Gasteiger partial charge in [0.05, 0.1) is 0 Å². The molecule has 2 aromatic rings. The molecule has 4 rings (SSSR count). The number of fused-ring (bicyclic) bond motifs is 2. The van der Waals surface area contributed by atoms with E-state index >= 15 is 0 Å². The number of carbonyl (C=O) groups excluding carboxylic acids is 1. The van der Waals surface area contributed by atoms with Gasteiger partial charge in [0.1, 0.15) is 5.82 Å². The van der Waals surface area contributed by atoms with Crippen molar-refractivity contribution in [2.24, 2.45) is 5.92 Å². The van der Waals surface area contributed by atoms with Gasteiger partial charge in [0.25, 0.3) is 0 Å². The van der Waals surface area contributed by atoms with Gasteiger partial charge in [-0.2, -0.15) is 0 Å². The van der Waals surface area contributed by atoms with Gasteiger partial charge in [-0.1, -0.05) is 30.3 Å². The molecular formula is C19H20N2O. The van der Waals surface area contributed by atoms with Crippen LogP contribution in [0.4, 0.5) is 5.82 Å². The molecule has 2 atom stereocenters. The molecule has 0 unspecified atom stereocenters. The molecule has 3 nitrogen and oxygen atoms in total. The Morgan fingerprint density at radius 1 is 1.23 bits per heavy atom. The standard InChI is InChI=1S/C19H20N2O/c1-21(17-10-4-5-12-20-17)18(22)16-13-19(16)11-6-8-14-7-2-3-9-15(14)19/h2-5,7,9-10,12,16H,6,8,11,13H2,1H3/t16-,19+/m0/s1. The van der Waals surface area contributed by atoms with Crippen LogP contribution >= 0.6 is 0 Å². The summed E-state index contributed by atoms with van der Waals surface area (Å²) in [5, 5.41) is 0. The number of aromatic nitrogens is 1. The molecule has 1 fully saturated rings. The first-order valence-corrected chi connectivity index (χ1v) is 7.99. The van der Waals surface area contributed by atoms with E-state index in [1.54, 1.807) is 11.1 Å². The minimum atomic E-state index is 0.0922. The van der Waals surface area contributed by atoms with Crippen LogP contribution in [0, 0.1) is 5.92 Å². The van der Waals surface area contributed by atoms with Crippen molar-refractivity contribution in [2.75, 3.05) is 11.9 Å². The van der Waals surface area contributed by atoms with Crippen LogP contribution < -0.4 is 4.90 Å². The quantitative estimate of drug-likeness (QED) is 0.850. The number of hydrogen-bond donors (Lipinski definition) is 0. The van der Waals surface area contributed by atoms with E-state index in [0.717, 1.165) is 25.1 Å². The van der Waals surface area contributed by atoms with E-state index in [2.05, 4.69) is 29.2 Å². The van der Waals surface area contributed by atoms with Crippen LogP contribution in [0.3, 0.4) is 0 Å². The van der Waals surface area contributed by atoms with Gasteiger partial charge in [0.15, 0.2) is 0 Å². The summed E-state index contributed by atoms with van der Waals surface area (Å²) in [4.78, 5) is 18.9. The summed E-state index contributed by atoms with van der Waals surface area (Å²) in [6.45, 7) is 0. The minimum absolute atomic E-state index is 0.0922. The van der Waals surface area contributed by atoms with Crippen LogP contribution in [0.25, 0.3) is 0 Å². The van der Waals surface area contributed by atoms with Crippen LogP contribution in [-0.4, -0.2) is 17.9 Å². The van der Waals surface area contributed by atoms with Gasteiger partial charge in [0, 0.05) is 24.6 Å². The number of aryl methyl sites for hydroxylation is 1. The first-order chi connectivity index (χ1) is 10.7. The van der Waals surface area contributed by atoms with Crippen molar-refractivity contribution in [1.29, 1.82) is 0 Å². The van der Waals surface area contributed by atoms with Gasteiger partial charge in [-0.05, 0) is 48.9 Å². The van der Waals surface area contributed by atoms with Gasteiger partial charge in [-0.15, -0.1) is 0 Å². The number of anilines is 1. The number of pyridine rings is 1. The molecule has 1 amide bonds. The summed E-state index contributed by atoms with van der Waals surface area (Å²) in [6.07, 6.45) is 6.19. The zero-order valence-electron chi connectivity index (χ0n) is 12.8. The zero-order chi connectivity index (χ0) is 15.2. The second-order valence-corrected chi connectivity index (χ2v) is 6.51. The van der Waals surface area contributed by atoms with Gasteiger partial charge < -0.3 is 0 Å². The van der Waals surface area contributed by atoms with Gasteiger partial charge in [-0.25, -0.2) is 4.98 Å². The summed E-state index contributed by atoms with van der Waals surface area (Å²) >= 11 is 0. The summed E-state index contributed by atoms with van der Waals surface area (Å²) in [5.41, 5.74) is 2.94. The maximum atomic E-state index is 12.9. The fourth-order valence-electron chi connectivity index (χ4n) is 4.05. The number of amides is 1. The van der Waals surface area contributed by atoms with Gasteiger partial charge >= 0.3 is 0 Å². The molecule has 1 aromatic heterocycles. The molecule has 0 radical (unpaired) electrons. The van der Waals surface area contributed by atoms with Crippen LogP contribution in [0.2, 0.25) is 0 Å². The lowest BCUT2D eigenvalue weighted by atomic mass is 9.78. The Balaban J connectivity index is 1.61. The summed E-state index contributed by atoms with van der Waals surface area (Å²) in [7, 11) is 1.84. The van der Waals surface area contributed by atoms with E-state index in [-0.39, 0.29) is 17.2 Å². The normalized spacial score (nSPS) is 25.6. The predicted octanol–water partition coefficient (Wildman–Crippen LogP) is 3.34. The van der Waals surface area contributed by atoms with E-state index in [0.29, 0.717) is 0 Å². The SMILES string of the molecule is CN(C(=O)[C@@H]1C[C@@]12CCCc1ccccc12)c1ccccn1. The second-order valence-electron chi connectivity index (χ2n) is 6.51. The Labute approximate surface area is 131 Å². The molecule has 1 heterocycles. The van der Waals surface area contributed by atoms with E-state index in [1.165, 1.54) is 17.5 Å². The molecule has 2 aliphatic carbocycles. The average Bonchev–Trinajstić information content (AvgIpc) is 3.29. The zero-order valence-corrected chi connectivity index (χ0v) is 12.8. The van der Waals surface area contributed by atoms with E-state index in [1.807, 2.05) is 25.2 Å². The van der Waals surface area contributed by atoms with E-state index in [9.17, 15) is 4.79 Å². The monoisotopic (exact) mass is 292 g/mol. The highest BCUT2D eigenvalue weighted by Gasteiger charge is 2.60. The largest absolute Gasteiger partial charge is 0.300 e. The Morgan fingerprint density at radius 3 is 2.86 bits per heavy atom. The summed E-state index contributed by atoms with van der Waals surface area (Å²) < 4.78 is 0. The molecule has 2 aliphatic rings. The number of nitrogens with zero attached hydrogens (tertiary/aromatic N) is 2. The molecule has 0 bridgehead atoms. The third-order valence-electron chi connectivity index (χ3n) is 5.32. The Morgan fingerprint density at radius 2 is 2.05 bits per heavy atom. The molecule has 22 heavy (non-hydrogen) atoms. The van der Waals surface area contributed by atoms with Crippen LogP contribution in [-0.2, 0) is 16.6 Å². The van der Waals surface area contributed by atoms with Crippen molar-refractivity contribution in [3.05, 3.63) is 59.8 Å². The molecular weight excluding hydrogens is 272 g/mol. The molecule has 1 spiro atoms. The van der Waals surface area contributed by atoms with Crippen molar-refractivity contribution in [1.82, 2.24) is 4.98 Å². The summed E-state index contributed by atoms with van der Waals surface area (Å²) in [6, 6.07) is 14.3. The third kappa shape index (κ3) is 1.96. The second kappa shape index (κ2) is 4.94. The van der Waals surface area contributed by atoms with Crippen LogP contribution in [0.15, 0.2) is 48.7 Å². The molecule has 1 aromatic carbocycles. The van der Waals surface area contributed by atoms with Crippen LogP contribution in [0.5, 0.6) is 0 Å². The Hall–Kier alpha value is -2.16. The van der Waals surface area contributed by atoms with Crippen molar-refractivity contribution >= 4 is 11.7 Å². The Kier molecular flexibility index (Phi) is 3.03. The van der Waals surface area contributed by atoms with Crippen molar-refractivity contribution in [3.63, 3.8) is 0 Å². The highest BCUT2D eigenvalue weighted by molar-refractivity contribution is 5.97. The number of carbonyl (C=O) groups is 1. The van der Waals surface area contributed by atoms with Crippen molar-refractivity contribution in [2.45, 2.75) is 31.1 Å². The van der Waals surface area contributed by atoms with E-state index in [4.69, 9.17) is 0 Å². The molecule has 1 saturated carbocycles. The minimum Gasteiger partial charge on any atom is -0.300 e. The first kappa shape index (κ1) is 13.5. The van der Waals surface area contributed by atoms with Gasteiger partial charge in [-0.3, -0.25) is 9.69 Å². The fourth-order valence-corrected chi connectivity index (χ4v) is 4.05. The molecule has 0 saturated heterocycles. The highest BCUT2D eigenvalue weighted by atomic mass is 16.2. The molecule has 3 heteroatoms. The highest BCUT2D eigenvalue weighted by Crippen LogP contribution is 2.60. The lowest BCUT2D eigenvalue weighted by Gasteiger charge is -2.27. The maximum Gasteiger partial charge on any atom is 0.231 e. The van der Waals surface area contributed by atoms with Crippen molar-refractivity contribution < 1.29 is 4.79 Å². The average molecular weight is 292 g/mol. The lowest BCUT2D eigenvalue weighted by molar-refractivity contribution is -0.120. The van der Waals surface area contributed by atoms with Crippen molar-refractivity contribution in [3.8, 4) is 0 Å². The Bertz CT molecular complexity index is 712. The molecule has 112 valence electrons. The number of hydrogen-bond acceptors (Lipinski definition) is 2.